The lowest BCUT2D eigenvalue weighted by atomic mass is 9.80. The Morgan fingerprint density at radius 2 is 1.82 bits per heavy atom. The molecule has 66 valence electrons. The monoisotopic (exact) mass is 155 g/mol. The maximum atomic E-state index is 3.48. The molecule has 1 N–H and O–H groups in total. The first-order valence-electron chi connectivity index (χ1n) is 4.69. The molecular weight excluding hydrogens is 134 g/mol. The summed E-state index contributed by atoms with van der Waals surface area (Å²) in [5.74, 6) is 0.819. The van der Waals surface area contributed by atoms with Crippen LogP contribution >= 0.6 is 0 Å². The van der Waals surface area contributed by atoms with Crippen molar-refractivity contribution in [3.63, 3.8) is 0 Å². The van der Waals surface area contributed by atoms with Crippen molar-refractivity contribution in [3.05, 3.63) is 0 Å². The topological polar surface area (TPSA) is 21.9 Å². The summed E-state index contributed by atoms with van der Waals surface area (Å²) in [4.78, 5) is 0. The first-order valence-corrected chi connectivity index (χ1v) is 4.69. The summed E-state index contributed by atoms with van der Waals surface area (Å²) in [5, 5.41) is 3.48. The lowest BCUT2D eigenvalue weighted by molar-refractivity contribution is 0.277. The molecule has 0 aromatic carbocycles. The van der Waals surface area contributed by atoms with E-state index in [1.54, 1.807) is 0 Å². The van der Waals surface area contributed by atoms with Crippen LogP contribution in [0, 0.1) is 11.3 Å². The van der Waals surface area contributed by atoms with Crippen LogP contribution in [0.25, 0.3) is 0 Å². The van der Waals surface area contributed by atoms with E-state index in [0.717, 1.165) is 18.0 Å². The van der Waals surface area contributed by atoms with E-state index < -0.39 is 0 Å². The Labute approximate surface area is 70.6 Å². The van der Waals surface area contributed by atoms with Crippen LogP contribution < -0.4 is 5.32 Å². The molecule has 0 spiro atoms. The van der Waals surface area contributed by atoms with Crippen LogP contribution in [0.3, 0.4) is 0 Å². The highest BCUT2D eigenvalue weighted by Crippen LogP contribution is 2.36. The number of hydrogen-bond donors (Lipinski definition) is 1. The standard InChI is InChI=1S/C10H21N/c1-7(2)6-10(4,5)9-8(3)11-9/h7-9,11H,6H2,1-5H3. The molecule has 1 aliphatic heterocycles. The van der Waals surface area contributed by atoms with Gasteiger partial charge in [0.05, 0.1) is 0 Å². The minimum Gasteiger partial charge on any atom is -0.308 e. The molecule has 2 atom stereocenters. The van der Waals surface area contributed by atoms with E-state index in [-0.39, 0.29) is 0 Å². The summed E-state index contributed by atoms with van der Waals surface area (Å²) in [6, 6.07) is 1.52. The van der Waals surface area contributed by atoms with Crippen molar-refractivity contribution in [2.75, 3.05) is 0 Å². The van der Waals surface area contributed by atoms with Gasteiger partial charge in [0.25, 0.3) is 0 Å². The summed E-state index contributed by atoms with van der Waals surface area (Å²) in [5.41, 5.74) is 0.494. The van der Waals surface area contributed by atoms with Crippen LogP contribution in [-0.2, 0) is 0 Å². The quantitative estimate of drug-likeness (QED) is 0.621. The largest absolute Gasteiger partial charge is 0.308 e. The Hall–Kier alpha value is -0.0400. The Bertz CT molecular complexity index is 138. The molecule has 11 heavy (non-hydrogen) atoms. The fourth-order valence-electron chi connectivity index (χ4n) is 2.31. The second-order valence-corrected chi connectivity index (χ2v) is 5.02. The molecular formula is C10H21N. The molecule has 1 aliphatic rings. The molecule has 0 saturated carbocycles. The highest BCUT2D eigenvalue weighted by molar-refractivity contribution is 5.03. The van der Waals surface area contributed by atoms with Crippen molar-refractivity contribution in [1.29, 1.82) is 0 Å². The summed E-state index contributed by atoms with van der Waals surface area (Å²) in [6.45, 7) is 11.6. The fraction of sp³-hybridized carbons (Fsp3) is 1.00. The molecule has 1 heteroatoms. The molecule has 0 bridgehead atoms. The normalized spacial score (nSPS) is 31.1. The third kappa shape index (κ3) is 2.19. The van der Waals surface area contributed by atoms with E-state index in [0.29, 0.717) is 5.41 Å². The van der Waals surface area contributed by atoms with Gasteiger partial charge in [-0.05, 0) is 24.7 Å². The second-order valence-electron chi connectivity index (χ2n) is 5.02. The molecule has 0 aliphatic carbocycles. The first-order chi connectivity index (χ1) is 4.93. The maximum Gasteiger partial charge on any atom is 0.0272 e. The van der Waals surface area contributed by atoms with Gasteiger partial charge in [-0.3, -0.25) is 0 Å². The van der Waals surface area contributed by atoms with Crippen molar-refractivity contribution in [3.8, 4) is 0 Å². The zero-order valence-corrected chi connectivity index (χ0v) is 8.44. The van der Waals surface area contributed by atoms with Gasteiger partial charge in [-0.15, -0.1) is 0 Å². The van der Waals surface area contributed by atoms with E-state index in [9.17, 15) is 0 Å². The molecule has 1 fully saturated rings. The van der Waals surface area contributed by atoms with Crippen molar-refractivity contribution in [2.24, 2.45) is 11.3 Å². The van der Waals surface area contributed by atoms with Gasteiger partial charge in [-0.25, -0.2) is 0 Å². The molecule has 2 unspecified atom stereocenters. The van der Waals surface area contributed by atoms with Crippen molar-refractivity contribution in [2.45, 2.75) is 53.1 Å². The van der Waals surface area contributed by atoms with Crippen LogP contribution in [-0.4, -0.2) is 12.1 Å². The van der Waals surface area contributed by atoms with Crippen molar-refractivity contribution < 1.29 is 0 Å². The van der Waals surface area contributed by atoms with Crippen LogP contribution in [0.1, 0.15) is 41.0 Å². The molecule has 0 radical (unpaired) electrons. The van der Waals surface area contributed by atoms with Gasteiger partial charge in [0.15, 0.2) is 0 Å². The third-order valence-corrected chi connectivity index (χ3v) is 2.61. The van der Waals surface area contributed by atoms with Gasteiger partial charge >= 0.3 is 0 Å². The number of rotatable bonds is 3. The van der Waals surface area contributed by atoms with E-state index in [1.807, 2.05) is 0 Å². The second kappa shape index (κ2) is 2.78. The maximum absolute atomic E-state index is 3.48. The molecule has 1 rings (SSSR count). The summed E-state index contributed by atoms with van der Waals surface area (Å²) >= 11 is 0. The average Bonchev–Trinajstić information content (AvgIpc) is 2.42. The third-order valence-electron chi connectivity index (χ3n) is 2.61. The van der Waals surface area contributed by atoms with E-state index in [4.69, 9.17) is 0 Å². The predicted molar refractivity (Wildman–Crippen MR) is 49.6 cm³/mol. The molecule has 0 amide bonds. The lowest BCUT2D eigenvalue weighted by Crippen LogP contribution is -2.24. The van der Waals surface area contributed by atoms with Crippen molar-refractivity contribution in [1.82, 2.24) is 5.32 Å². The Morgan fingerprint density at radius 1 is 1.36 bits per heavy atom. The highest BCUT2D eigenvalue weighted by Gasteiger charge is 2.43. The molecule has 1 heterocycles. The van der Waals surface area contributed by atoms with Crippen LogP contribution in [0.4, 0.5) is 0 Å². The molecule has 1 saturated heterocycles. The van der Waals surface area contributed by atoms with Gasteiger partial charge in [0, 0.05) is 12.1 Å². The zero-order valence-electron chi connectivity index (χ0n) is 8.44. The Morgan fingerprint density at radius 3 is 2.09 bits per heavy atom. The van der Waals surface area contributed by atoms with Gasteiger partial charge in [0.2, 0.25) is 0 Å². The Balaban J connectivity index is 2.40. The fourth-order valence-corrected chi connectivity index (χ4v) is 2.31. The summed E-state index contributed by atoms with van der Waals surface area (Å²) < 4.78 is 0. The minimum absolute atomic E-state index is 0.494. The van der Waals surface area contributed by atoms with E-state index in [2.05, 4.69) is 39.9 Å². The van der Waals surface area contributed by atoms with Crippen molar-refractivity contribution >= 4 is 0 Å². The average molecular weight is 155 g/mol. The predicted octanol–water partition coefficient (Wildman–Crippen LogP) is 2.42. The van der Waals surface area contributed by atoms with Gasteiger partial charge in [-0.2, -0.15) is 0 Å². The van der Waals surface area contributed by atoms with Crippen LogP contribution in [0.15, 0.2) is 0 Å². The van der Waals surface area contributed by atoms with Crippen LogP contribution in [0.2, 0.25) is 0 Å². The first kappa shape index (κ1) is 9.05. The SMILES string of the molecule is CC(C)CC(C)(C)C1NC1C. The van der Waals surface area contributed by atoms with Gasteiger partial charge in [-0.1, -0.05) is 27.7 Å². The number of hydrogen-bond acceptors (Lipinski definition) is 1. The zero-order chi connectivity index (χ0) is 8.65. The highest BCUT2D eigenvalue weighted by atomic mass is 15.2. The van der Waals surface area contributed by atoms with E-state index >= 15 is 0 Å². The Kier molecular flexibility index (Phi) is 2.29. The molecule has 0 aromatic rings. The summed E-state index contributed by atoms with van der Waals surface area (Å²) in [6.07, 6.45) is 1.33. The van der Waals surface area contributed by atoms with Crippen LogP contribution in [0.5, 0.6) is 0 Å². The van der Waals surface area contributed by atoms with E-state index in [1.165, 1.54) is 6.42 Å². The summed E-state index contributed by atoms with van der Waals surface area (Å²) in [7, 11) is 0. The van der Waals surface area contributed by atoms with Gasteiger partial charge in [0.1, 0.15) is 0 Å². The molecule has 1 nitrogen and oxygen atoms in total. The minimum atomic E-state index is 0.494. The van der Waals surface area contributed by atoms with Gasteiger partial charge < -0.3 is 5.32 Å². The lowest BCUT2D eigenvalue weighted by Gasteiger charge is -2.25. The number of nitrogens with one attached hydrogen (secondary N) is 1. The smallest absolute Gasteiger partial charge is 0.0272 e. The molecule has 0 aromatic heterocycles.